The van der Waals surface area contributed by atoms with Crippen molar-refractivity contribution in [2.45, 2.75) is 45.2 Å². The average molecular weight is 367 g/mol. The molecule has 3 atom stereocenters. The second-order valence-electron chi connectivity index (χ2n) is 8.72. The van der Waals surface area contributed by atoms with E-state index < -0.39 is 0 Å². The van der Waals surface area contributed by atoms with E-state index in [4.69, 9.17) is 0 Å². The minimum Gasteiger partial charge on any atom is -0.365 e. The van der Waals surface area contributed by atoms with Gasteiger partial charge in [0.2, 0.25) is 0 Å². The highest BCUT2D eigenvalue weighted by Crippen LogP contribution is 2.47. The topological polar surface area (TPSA) is 8.17 Å². The Kier molecular flexibility index (Phi) is 3.41. The molecule has 2 heterocycles. The molecule has 6 rings (SSSR count). The molecule has 2 heteroatoms. The standard InChI is InChI=1S/C26H26N2/c1-17-14-26-23(16-25(17)27-18(2)19-12-13-21(27)15-19)22-10-6-7-11-24(22)28(26)20-8-4-3-5-9-20/h3-11,14,16,18-19,21H,12-13,15H2,1-2H3/t18-,19?,21?/m0/s1. The Bertz CT molecular complexity index is 1190. The molecule has 140 valence electrons. The van der Waals surface area contributed by atoms with Crippen LogP contribution in [0.5, 0.6) is 0 Å². The summed E-state index contributed by atoms with van der Waals surface area (Å²) >= 11 is 0. The highest BCUT2D eigenvalue weighted by molar-refractivity contribution is 6.10. The Hall–Kier alpha value is -2.74. The molecule has 1 aliphatic carbocycles. The third kappa shape index (κ3) is 2.15. The largest absolute Gasteiger partial charge is 0.365 e. The lowest BCUT2D eigenvalue weighted by molar-refractivity contribution is 0.454. The van der Waals surface area contributed by atoms with Crippen molar-refractivity contribution in [2.75, 3.05) is 4.90 Å². The SMILES string of the molecule is Cc1cc2c(cc1N1C3CCC(C3)[C@@H]1C)c1ccccc1n2-c1ccccc1. The Balaban J connectivity index is 1.64. The predicted molar refractivity (Wildman–Crippen MR) is 119 cm³/mol. The molecule has 0 radical (unpaired) electrons. The minimum absolute atomic E-state index is 0.664. The van der Waals surface area contributed by atoms with Crippen molar-refractivity contribution in [3.63, 3.8) is 0 Å². The molecule has 1 aliphatic heterocycles. The van der Waals surface area contributed by atoms with Gasteiger partial charge in [-0.25, -0.2) is 0 Å². The zero-order chi connectivity index (χ0) is 18.8. The van der Waals surface area contributed by atoms with Crippen LogP contribution in [0.25, 0.3) is 27.5 Å². The van der Waals surface area contributed by atoms with Crippen LogP contribution in [0.15, 0.2) is 66.7 Å². The number of rotatable bonds is 2. The molecule has 2 aliphatic rings. The zero-order valence-corrected chi connectivity index (χ0v) is 16.6. The van der Waals surface area contributed by atoms with Crippen LogP contribution in [0.3, 0.4) is 0 Å². The lowest BCUT2D eigenvalue weighted by Gasteiger charge is -2.36. The Morgan fingerprint density at radius 1 is 0.821 bits per heavy atom. The number of nitrogens with zero attached hydrogens (tertiary/aromatic N) is 2. The molecule has 28 heavy (non-hydrogen) atoms. The molecule has 1 aromatic heterocycles. The summed E-state index contributed by atoms with van der Waals surface area (Å²) in [7, 11) is 0. The van der Waals surface area contributed by atoms with E-state index in [0.29, 0.717) is 6.04 Å². The van der Waals surface area contributed by atoms with E-state index in [2.05, 4.69) is 90.0 Å². The maximum atomic E-state index is 2.73. The molecule has 1 saturated carbocycles. The van der Waals surface area contributed by atoms with Gasteiger partial charge in [-0.15, -0.1) is 0 Å². The quantitative estimate of drug-likeness (QED) is 0.395. The van der Waals surface area contributed by atoms with E-state index in [-0.39, 0.29) is 0 Å². The van der Waals surface area contributed by atoms with Gasteiger partial charge in [0.1, 0.15) is 0 Å². The molecule has 3 aromatic carbocycles. The number of piperidine rings is 1. The number of aromatic nitrogens is 1. The third-order valence-electron chi connectivity index (χ3n) is 7.24. The van der Waals surface area contributed by atoms with Gasteiger partial charge in [-0.3, -0.25) is 0 Å². The van der Waals surface area contributed by atoms with Gasteiger partial charge in [0.25, 0.3) is 0 Å². The molecule has 2 bridgehead atoms. The van der Waals surface area contributed by atoms with Crippen molar-refractivity contribution >= 4 is 27.5 Å². The summed E-state index contributed by atoms with van der Waals surface area (Å²) in [5.41, 5.74) is 6.67. The molecule has 2 unspecified atom stereocenters. The molecule has 4 aromatic rings. The number of benzene rings is 3. The van der Waals surface area contributed by atoms with Gasteiger partial charge < -0.3 is 9.47 Å². The van der Waals surface area contributed by atoms with E-state index in [1.165, 1.54) is 58.0 Å². The van der Waals surface area contributed by atoms with Gasteiger partial charge in [-0.1, -0.05) is 36.4 Å². The number of fused-ring (bicyclic) bond motifs is 5. The average Bonchev–Trinajstić information content (AvgIpc) is 3.40. The first-order chi connectivity index (χ1) is 13.7. The summed E-state index contributed by atoms with van der Waals surface area (Å²) in [5.74, 6) is 0.880. The summed E-state index contributed by atoms with van der Waals surface area (Å²) < 4.78 is 2.42. The smallest absolute Gasteiger partial charge is 0.0545 e. The van der Waals surface area contributed by atoms with Crippen molar-refractivity contribution in [1.82, 2.24) is 4.57 Å². The molecule has 1 saturated heterocycles. The van der Waals surface area contributed by atoms with E-state index in [9.17, 15) is 0 Å². The molecule has 2 fully saturated rings. The highest BCUT2D eigenvalue weighted by atomic mass is 15.2. The fraction of sp³-hybridized carbons (Fsp3) is 0.308. The number of hydrogen-bond acceptors (Lipinski definition) is 1. The molecular formula is C26H26N2. The number of aryl methyl sites for hydroxylation is 1. The zero-order valence-electron chi connectivity index (χ0n) is 16.6. The molecule has 2 nitrogen and oxygen atoms in total. The summed E-state index contributed by atoms with van der Waals surface area (Å²) in [5, 5.41) is 2.72. The van der Waals surface area contributed by atoms with Gasteiger partial charge in [-0.2, -0.15) is 0 Å². The van der Waals surface area contributed by atoms with E-state index >= 15 is 0 Å². The Labute approximate surface area is 166 Å². The molecular weight excluding hydrogens is 340 g/mol. The van der Waals surface area contributed by atoms with Crippen LogP contribution in [-0.2, 0) is 0 Å². The lowest BCUT2D eigenvalue weighted by Crippen LogP contribution is -2.39. The maximum Gasteiger partial charge on any atom is 0.0545 e. The summed E-state index contributed by atoms with van der Waals surface area (Å²) in [6.07, 6.45) is 4.15. The predicted octanol–water partition coefficient (Wildman–Crippen LogP) is 6.47. The summed E-state index contributed by atoms with van der Waals surface area (Å²) in [4.78, 5) is 2.73. The number of para-hydroxylation sites is 2. The van der Waals surface area contributed by atoms with E-state index in [1.807, 2.05) is 0 Å². The highest BCUT2D eigenvalue weighted by Gasteiger charge is 2.43. The van der Waals surface area contributed by atoms with E-state index in [0.717, 1.165) is 12.0 Å². The second kappa shape index (κ2) is 5.88. The molecule has 0 N–H and O–H groups in total. The van der Waals surface area contributed by atoms with E-state index in [1.54, 1.807) is 0 Å². The van der Waals surface area contributed by atoms with Crippen molar-refractivity contribution < 1.29 is 0 Å². The van der Waals surface area contributed by atoms with Crippen molar-refractivity contribution in [3.8, 4) is 5.69 Å². The van der Waals surface area contributed by atoms with Gasteiger partial charge in [0, 0.05) is 34.2 Å². The molecule has 0 spiro atoms. The minimum atomic E-state index is 0.664. The van der Waals surface area contributed by atoms with Crippen LogP contribution >= 0.6 is 0 Å². The van der Waals surface area contributed by atoms with Crippen molar-refractivity contribution in [1.29, 1.82) is 0 Å². The summed E-state index contributed by atoms with van der Waals surface area (Å²) in [6.45, 7) is 4.72. The molecule has 0 amide bonds. The van der Waals surface area contributed by atoms with Crippen LogP contribution in [0.1, 0.15) is 31.7 Å². The number of hydrogen-bond donors (Lipinski definition) is 0. The van der Waals surface area contributed by atoms with Crippen LogP contribution in [0.2, 0.25) is 0 Å². The fourth-order valence-corrected chi connectivity index (χ4v) is 5.90. The normalized spacial score (nSPS) is 23.9. The maximum absolute atomic E-state index is 2.73. The fourth-order valence-electron chi connectivity index (χ4n) is 5.90. The Morgan fingerprint density at radius 2 is 1.61 bits per heavy atom. The van der Waals surface area contributed by atoms with Crippen LogP contribution in [0, 0.1) is 12.8 Å². The van der Waals surface area contributed by atoms with Gasteiger partial charge in [0.15, 0.2) is 0 Å². The first-order valence-corrected chi connectivity index (χ1v) is 10.6. The second-order valence-corrected chi connectivity index (χ2v) is 8.72. The van der Waals surface area contributed by atoms with Crippen molar-refractivity contribution in [2.24, 2.45) is 5.92 Å². The van der Waals surface area contributed by atoms with Crippen molar-refractivity contribution in [3.05, 3.63) is 72.3 Å². The van der Waals surface area contributed by atoms with Gasteiger partial charge in [-0.05, 0) is 74.9 Å². The summed E-state index contributed by atoms with van der Waals surface area (Å²) in [6, 6.07) is 25.9. The lowest BCUT2D eigenvalue weighted by atomic mass is 9.98. The Morgan fingerprint density at radius 3 is 2.39 bits per heavy atom. The number of anilines is 1. The van der Waals surface area contributed by atoms with Crippen LogP contribution in [-0.4, -0.2) is 16.7 Å². The first-order valence-electron chi connectivity index (χ1n) is 10.6. The van der Waals surface area contributed by atoms with Gasteiger partial charge in [0.05, 0.1) is 11.0 Å². The first kappa shape index (κ1) is 16.2. The monoisotopic (exact) mass is 366 g/mol. The van der Waals surface area contributed by atoms with Crippen LogP contribution < -0.4 is 4.90 Å². The van der Waals surface area contributed by atoms with Gasteiger partial charge >= 0.3 is 0 Å². The third-order valence-corrected chi connectivity index (χ3v) is 7.24. The van der Waals surface area contributed by atoms with Crippen LogP contribution in [0.4, 0.5) is 5.69 Å².